The quantitative estimate of drug-likeness (QED) is 0.833. The number of nitrogens with one attached hydrogen (secondary N) is 1. The number of benzene rings is 1. The molecule has 0 bridgehead atoms. The maximum atomic E-state index is 13.7. The topological polar surface area (TPSA) is 72.1 Å². The first-order chi connectivity index (χ1) is 12.2. The Morgan fingerprint density at radius 1 is 1.52 bits per heavy atom. The van der Waals surface area contributed by atoms with Gasteiger partial charge in [0.15, 0.2) is 0 Å². The van der Waals surface area contributed by atoms with E-state index in [2.05, 4.69) is 10.4 Å². The van der Waals surface area contributed by atoms with Crippen molar-refractivity contribution in [2.75, 3.05) is 20.3 Å². The number of methoxy groups -OCH3 is 1. The average Bonchev–Trinajstić information content (AvgIpc) is 3.27. The molecule has 0 amide bonds. The summed E-state index contributed by atoms with van der Waals surface area (Å²) < 4.78 is 26.5. The minimum absolute atomic E-state index is 0.0642. The van der Waals surface area contributed by atoms with Gasteiger partial charge in [-0.15, -0.1) is 0 Å². The maximum Gasteiger partial charge on any atom is 0.141 e. The van der Waals surface area contributed by atoms with Crippen molar-refractivity contribution >= 4 is 0 Å². The van der Waals surface area contributed by atoms with Crippen LogP contribution in [-0.2, 0) is 22.6 Å². The second-order valence-electron chi connectivity index (χ2n) is 6.02. The van der Waals surface area contributed by atoms with Gasteiger partial charge in [-0.1, -0.05) is 6.07 Å². The van der Waals surface area contributed by atoms with E-state index in [1.165, 1.54) is 12.1 Å². The largest absolute Gasteiger partial charge is 0.383 e. The minimum atomic E-state index is -0.486. The molecular weight excluding hydrogens is 323 g/mol. The number of aromatic nitrogens is 2. The fourth-order valence-corrected chi connectivity index (χ4v) is 2.97. The van der Waals surface area contributed by atoms with E-state index in [-0.39, 0.29) is 17.7 Å². The molecule has 25 heavy (non-hydrogen) atoms. The molecule has 1 fully saturated rings. The summed E-state index contributed by atoms with van der Waals surface area (Å²) >= 11 is 0. The van der Waals surface area contributed by atoms with Crippen LogP contribution in [0.1, 0.15) is 29.2 Å². The monoisotopic (exact) mass is 344 g/mol. The first-order valence-corrected chi connectivity index (χ1v) is 8.26. The van der Waals surface area contributed by atoms with Gasteiger partial charge >= 0.3 is 0 Å². The van der Waals surface area contributed by atoms with Gasteiger partial charge in [-0.2, -0.15) is 10.4 Å². The van der Waals surface area contributed by atoms with E-state index in [9.17, 15) is 4.39 Å². The highest BCUT2D eigenvalue weighted by Gasteiger charge is 2.30. The Labute approximate surface area is 146 Å². The van der Waals surface area contributed by atoms with Gasteiger partial charge in [-0.3, -0.25) is 4.68 Å². The molecule has 1 N–H and O–H groups in total. The third-order valence-corrected chi connectivity index (χ3v) is 4.32. The Morgan fingerprint density at radius 3 is 3.16 bits per heavy atom. The van der Waals surface area contributed by atoms with Crippen molar-refractivity contribution in [2.24, 2.45) is 0 Å². The Morgan fingerprint density at radius 2 is 2.40 bits per heavy atom. The van der Waals surface area contributed by atoms with Gasteiger partial charge in [-0.25, -0.2) is 4.39 Å². The summed E-state index contributed by atoms with van der Waals surface area (Å²) in [5.74, 6) is -0.486. The molecule has 0 spiro atoms. The number of hydrogen-bond acceptors (Lipinski definition) is 5. The average molecular weight is 344 g/mol. The summed E-state index contributed by atoms with van der Waals surface area (Å²) in [6.45, 7) is 2.50. The molecular formula is C18H21FN4O2. The van der Waals surface area contributed by atoms with Crippen molar-refractivity contribution in [1.82, 2.24) is 15.1 Å². The number of nitrogens with zero attached hydrogens (tertiary/aromatic N) is 3. The van der Waals surface area contributed by atoms with Gasteiger partial charge in [0.25, 0.3) is 0 Å². The fraction of sp³-hybridized carbons (Fsp3) is 0.444. The zero-order chi connectivity index (χ0) is 17.6. The summed E-state index contributed by atoms with van der Waals surface area (Å²) in [5, 5.41) is 16.5. The molecule has 132 valence electrons. The zero-order valence-electron chi connectivity index (χ0n) is 14.1. The SMILES string of the molecule is COCCn1cc([C@H]2OCC[C@@H]2NCc2ccc(C#N)c(F)c2)cn1. The van der Waals surface area contributed by atoms with E-state index < -0.39 is 5.82 Å². The molecule has 1 aromatic carbocycles. The van der Waals surface area contributed by atoms with Crippen LogP contribution in [-0.4, -0.2) is 36.1 Å². The predicted octanol–water partition coefficient (Wildman–Crippen LogP) is 2.16. The summed E-state index contributed by atoms with van der Waals surface area (Å²) in [6, 6.07) is 6.65. The van der Waals surface area contributed by atoms with Crippen LogP contribution in [0.4, 0.5) is 4.39 Å². The molecule has 1 saturated heterocycles. The summed E-state index contributed by atoms with van der Waals surface area (Å²) in [6.07, 6.45) is 4.61. The zero-order valence-corrected chi connectivity index (χ0v) is 14.1. The maximum absolute atomic E-state index is 13.7. The summed E-state index contributed by atoms with van der Waals surface area (Å²) in [5.41, 5.74) is 1.89. The molecule has 0 aliphatic carbocycles. The van der Waals surface area contributed by atoms with Gasteiger partial charge < -0.3 is 14.8 Å². The molecule has 2 aromatic rings. The molecule has 0 saturated carbocycles. The van der Waals surface area contributed by atoms with Crippen molar-refractivity contribution in [3.8, 4) is 6.07 Å². The van der Waals surface area contributed by atoms with E-state index in [1.807, 2.05) is 23.1 Å². The van der Waals surface area contributed by atoms with Gasteiger partial charge in [-0.05, 0) is 24.1 Å². The molecule has 1 aliphatic rings. The van der Waals surface area contributed by atoms with Crippen LogP contribution < -0.4 is 5.32 Å². The molecule has 0 radical (unpaired) electrons. The van der Waals surface area contributed by atoms with Gasteiger partial charge in [0.2, 0.25) is 0 Å². The highest BCUT2D eigenvalue weighted by Crippen LogP contribution is 2.29. The Kier molecular flexibility index (Phi) is 5.76. The molecule has 3 rings (SSSR count). The molecule has 7 heteroatoms. The molecule has 1 aliphatic heterocycles. The third-order valence-electron chi connectivity index (χ3n) is 4.32. The van der Waals surface area contributed by atoms with Gasteiger partial charge in [0.05, 0.1) is 24.9 Å². The Balaban J connectivity index is 1.61. The number of halogens is 1. The van der Waals surface area contributed by atoms with Crippen LogP contribution in [0.2, 0.25) is 0 Å². The highest BCUT2D eigenvalue weighted by atomic mass is 19.1. The third kappa shape index (κ3) is 4.23. The lowest BCUT2D eigenvalue weighted by atomic mass is 10.0. The van der Waals surface area contributed by atoms with Crippen LogP contribution in [0, 0.1) is 17.1 Å². The van der Waals surface area contributed by atoms with Gasteiger partial charge in [0, 0.05) is 38.1 Å². The van der Waals surface area contributed by atoms with E-state index in [0.29, 0.717) is 26.3 Å². The van der Waals surface area contributed by atoms with Crippen LogP contribution >= 0.6 is 0 Å². The molecule has 0 unspecified atom stereocenters. The molecule has 6 nitrogen and oxygen atoms in total. The lowest BCUT2D eigenvalue weighted by Gasteiger charge is -2.19. The lowest BCUT2D eigenvalue weighted by Crippen LogP contribution is -2.31. The smallest absolute Gasteiger partial charge is 0.141 e. The molecule has 2 atom stereocenters. The van der Waals surface area contributed by atoms with E-state index in [4.69, 9.17) is 14.7 Å². The van der Waals surface area contributed by atoms with Crippen molar-refractivity contribution in [3.05, 3.63) is 53.1 Å². The van der Waals surface area contributed by atoms with Crippen molar-refractivity contribution < 1.29 is 13.9 Å². The van der Waals surface area contributed by atoms with Crippen molar-refractivity contribution in [1.29, 1.82) is 5.26 Å². The highest BCUT2D eigenvalue weighted by molar-refractivity contribution is 5.33. The second kappa shape index (κ2) is 8.21. The normalized spacial score (nSPS) is 19.9. The number of ether oxygens (including phenoxy) is 2. The first kappa shape index (κ1) is 17.5. The van der Waals surface area contributed by atoms with E-state index in [1.54, 1.807) is 13.2 Å². The molecule has 2 heterocycles. The number of hydrogen-bond donors (Lipinski definition) is 1. The summed E-state index contributed by atoms with van der Waals surface area (Å²) in [7, 11) is 1.66. The van der Waals surface area contributed by atoms with Crippen LogP contribution in [0.5, 0.6) is 0 Å². The number of nitriles is 1. The predicted molar refractivity (Wildman–Crippen MR) is 89.2 cm³/mol. The van der Waals surface area contributed by atoms with Gasteiger partial charge in [0.1, 0.15) is 18.0 Å². The van der Waals surface area contributed by atoms with Crippen LogP contribution in [0.25, 0.3) is 0 Å². The molecule has 1 aromatic heterocycles. The second-order valence-corrected chi connectivity index (χ2v) is 6.02. The van der Waals surface area contributed by atoms with E-state index in [0.717, 1.165) is 17.5 Å². The van der Waals surface area contributed by atoms with Crippen LogP contribution in [0.15, 0.2) is 30.6 Å². The Hall–Kier alpha value is -2.27. The van der Waals surface area contributed by atoms with Crippen LogP contribution in [0.3, 0.4) is 0 Å². The first-order valence-electron chi connectivity index (χ1n) is 8.26. The lowest BCUT2D eigenvalue weighted by molar-refractivity contribution is 0.0983. The van der Waals surface area contributed by atoms with Crippen molar-refractivity contribution in [3.63, 3.8) is 0 Å². The Bertz CT molecular complexity index is 756. The number of rotatable bonds is 7. The minimum Gasteiger partial charge on any atom is -0.383 e. The summed E-state index contributed by atoms with van der Waals surface area (Å²) in [4.78, 5) is 0. The fourth-order valence-electron chi connectivity index (χ4n) is 2.97. The standard InChI is InChI=1S/C18H21FN4O2/c1-24-7-5-23-12-15(11-22-23)18-17(4-6-25-18)21-10-13-2-3-14(9-20)16(19)8-13/h2-3,8,11-12,17-18,21H,4-7,10H2,1H3/t17-,18+/m0/s1. The van der Waals surface area contributed by atoms with E-state index >= 15 is 0 Å². The van der Waals surface area contributed by atoms with Crippen molar-refractivity contribution in [2.45, 2.75) is 31.7 Å².